The number of rotatable bonds is 41. The molecule has 5 aromatic heterocycles. The average Bonchev–Trinajstić information content (AvgIpc) is 1.63. The number of aliphatic imine (C=N–C) groups is 5. The standard InChI is InChI=1S/C21H32N2O6S.2C17H23N3O5S.C17H22N2O5S.C10H15NO3.C10H19NO2S.C2HF3O2.CH2O2.CO2.CH4/c1-7-10-15(16-11-14(26-6)12-17(24)29-16)22-18(25)20(4)13-30-19(23-20)21(5,27-8-2)28-9-3;2*1-5-6-12(13-7-11(24-4)8-14(21)25-13)18-16(22)17(3)9-26-15(19-17)10(2)20-23;1-5-6-12(13-7-11(23-4)8-14(21)24-13)18-16(22)17(3)9-25-15(19-17)10(2)20;1-3-4-8(11)9-5-7(13-2)6-10(12)14-9;1-5-12-10(4,13-6-2)9-11-8(3)7-14-9;3-2(4,5)1(6)7;2*2-1-3;/h11-12,15H,7-10,13H2,1-6H3,(H,22,25);2*7-8,12,23H,5-6,9H2,1-4H3,(H,18,22);7-8,12H,5-6,9H2,1-4H3,(H,18,22);5-6,8H,3-4,11H2,1-2H3;8H,5-7H2,1-4H3;(H,6,7);1H,(H,2,3);;1H4/p-1/b;20-10+;20-10-;;;;;;;/t15-,20-;3*12-,17-;2*8-;;;;/m000000..../s1. The smallest absolute Gasteiger partial charge is 0.430 e. The summed E-state index contributed by atoms with van der Waals surface area (Å²) in [6, 6.07) is 12.7. The molecular weight excluding hydrogens is 2060 g/mol. The molecule has 0 spiro atoms. The van der Waals surface area contributed by atoms with E-state index in [2.05, 4.69) is 63.5 Å². The zero-order valence-electron chi connectivity index (χ0n) is 87.3. The molecule has 9 N–H and O–H groups in total. The number of alkyl halides is 3. The Hall–Kier alpha value is -11.8. The minimum absolute atomic E-state index is 0. The highest BCUT2D eigenvalue weighted by Crippen LogP contribution is 2.39. The predicted octanol–water partition coefficient (Wildman–Crippen LogP) is 12.9. The van der Waals surface area contributed by atoms with Gasteiger partial charge in [0.1, 0.15) is 122 Å². The highest BCUT2D eigenvalue weighted by Gasteiger charge is 2.48. The molecule has 4 amide bonds. The van der Waals surface area contributed by atoms with Crippen molar-refractivity contribution >= 4 is 143 Å². The fourth-order valence-electron chi connectivity index (χ4n) is 13.3. The van der Waals surface area contributed by atoms with Crippen molar-refractivity contribution in [2.75, 3.05) is 90.7 Å². The Kier molecular flexibility index (Phi) is 60.6. The van der Waals surface area contributed by atoms with Gasteiger partial charge >= 0.3 is 40.5 Å². The van der Waals surface area contributed by atoms with Gasteiger partial charge in [0.15, 0.2) is 5.78 Å². The van der Waals surface area contributed by atoms with Crippen molar-refractivity contribution in [1.82, 2.24) is 21.3 Å². The maximum atomic E-state index is 13.2. The number of hydrogen-bond donors (Lipinski definition) is 8. The van der Waals surface area contributed by atoms with Crippen LogP contribution >= 0.6 is 58.8 Å². The molecule has 44 nitrogen and oxygen atoms in total. The summed E-state index contributed by atoms with van der Waals surface area (Å²) in [5.74, 6) is 0.768. The summed E-state index contributed by atoms with van der Waals surface area (Å²) in [5, 5.41) is 54.5. The lowest BCUT2D eigenvalue weighted by Crippen LogP contribution is -2.45. The van der Waals surface area contributed by atoms with Crippen LogP contribution in [0.25, 0.3) is 0 Å². The first kappa shape index (κ1) is 135. The minimum Gasteiger partial charge on any atom is -0.542 e. The van der Waals surface area contributed by atoms with E-state index in [-0.39, 0.29) is 55.5 Å². The van der Waals surface area contributed by atoms with Crippen LogP contribution in [-0.4, -0.2) is 237 Å². The highest BCUT2D eigenvalue weighted by molar-refractivity contribution is 8.17. The van der Waals surface area contributed by atoms with Crippen molar-refractivity contribution in [1.29, 1.82) is 0 Å². The van der Waals surface area contributed by atoms with Gasteiger partial charge < -0.3 is 117 Å². The number of carboxylic acid groups (broad SMARTS) is 2. The second-order valence-corrected chi connectivity index (χ2v) is 38.1. The van der Waals surface area contributed by atoms with Gasteiger partial charge in [-0.05, 0) is 122 Å². The van der Waals surface area contributed by atoms with E-state index in [4.69, 9.17) is 110 Å². The van der Waals surface area contributed by atoms with Gasteiger partial charge in [-0.25, -0.2) is 24.0 Å². The van der Waals surface area contributed by atoms with E-state index < -0.39 is 98.2 Å². The van der Waals surface area contributed by atoms with Crippen LogP contribution in [-0.2, 0) is 62.1 Å². The van der Waals surface area contributed by atoms with Crippen molar-refractivity contribution in [2.45, 2.75) is 279 Å². The molecule has 5 aliphatic heterocycles. The SMILES string of the molecule is C.CCC[C@H](N)c1cc(OC)cc(=O)o1.CCC[C@H](NC(=O)[C@]1(C)CSC(/C(C)=N/O)=N1)c1cc(OC)cc(=O)o1.CCC[C@H](NC(=O)[C@]1(C)CSC(/C(C)=N\O)=N1)c1cc(OC)cc(=O)o1.CCC[C@H](NC(=O)[C@]1(C)CSC(C(C)(OCC)OCC)=N1)c1cc(OC)cc(=O)o1.CCC[C@H](NC(=O)[C@]1(C)CSC(C(C)=O)=N1)c1cc(OC)cc(=O)o1.CCOC(C)(OCC)C1=N[C@@H](C)CS1.O=C([O-])C(F)(F)F.O=C=O.O=CO. The number of carbonyl (C=O) groups excluding carboxylic acids is 8. The molecule has 10 rings (SSSR count). The van der Waals surface area contributed by atoms with Gasteiger partial charge in [-0.2, -0.15) is 22.8 Å². The molecule has 0 fully saturated rings. The van der Waals surface area contributed by atoms with Gasteiger partial charge in [-0.15, -0.1) is 58.8 Å². The van der Waals surface area contributed by atoms with E-state index in [1.165, 1.54) is 120 Å². The van der Waals surface area contributed by atoms with Crippen LogP contribution in [0.15, 0.2) is 142 Å². The fourth-order valence-corrected chi connectivity index (χ4v) is 19.0. The number of carboxylic acids is 1. The summed E-state index contributed by atoms with van der Waals surface area (Å²) in [4.78, 5) is 177. The maximum Gasteiger partial charge on any atom is 0.430 e. The zero-order chi connectivity index (χ0) is 112. The number of aliphatic carboxylic acids is 1. The number of halogens is 3. The molecule has 0 saturated carbocycles. The molecule has 0 radical (unpaired) electrons. The summed E-state index contributed by atoms with van der Waals surface area (Å²) in [5.41, 5.74) is 0.0169. The summed E-state index contributed by atoms with van der Waals surface area (Å²) >= 11 is 7.19. The van der Waals surface area contributed by atoms with Crippen LogP contribution in [0.4, 0.5) is 13.2 Å². The molecule has 0 aromatic carbocycles. The van der Waals surface area contributed by atoms with Crippen molar-refractivity contribution in [3.8, 4) is 28.7 Å². The molecule has 149 heavy (non-hydrogen) atoms. The van der Waals surface area contributed by atoms with E-state index in [9.17, 15) is 61.1 Å². The Bertz CT molecular complexity index is 5610. The van der Waals surface area contributed by atoms with E-state index in [0.29, 0.717) is 170 Å². The van der Waals surface area contributed by atoms with Gasteiger partial charge in [0.05, 0.1) is 102 Å². The normalized spacial score (nSPS) is 18.9. The van der Waals surface area contributed by atoms with Gasteiger partial charge in [-0.3, -0.25) is 53.7 Å². The van der Waals surface area contributed by atoms with Crippen molar-refractivity contribution in [3.63, 3.8) is 0 Å². The fraction of sp³-hybridized carbons (Fsp3) is 0.588. The molecule has 832 valence electrons. The Balaban J connectivity index is 0.000000884. The summed E-state index contributed by atoms with van der Waals surface area (Å²) in [7, 11) is 7.37. The molecule has 52 heteroatoms. The molecule has 5 aromatic rings. The molecule has 10 heterocycles. The number of oxime groups is 2. The van der Waals surface area contributed by atoms with Crippen LogP contribution in [0.3, 0.4) is 0 Å². The topological polar surface area (TPSA) is 632 Å². The summed E-state index contributed by atoms with van der Waals surface area (Å²) in [6.07, 6.45) is 2.31. The summed E-state index contributed by atoms with van der Waals surface area (Å²) < 4.78 is 106. The third-order valence-electron chi connectivity index (χ3n) is 20.9. The largest absolute Gasteiger partial charge is 0.542 e. The molecule has 0 saturated heterocycles. The maximum absolute atomic E-state index is 13.2. The second kappa shape index (κ2) is 66.7. The van der Waals surface area contributed by atoms with Crippen molar-refractivity contribution < 1.29 is 142 Å². The number of Topliss-reactive ketones (excluding diaryl/α,β-unsaturated/α-hetero) is 1. The average molecular weight is 2200 g/mol. The lowest BCUT2D eigenvalue weighted by Gasteiger charge is -2.28. The number of carbonyl (C=O) groups is 7. The number of nitrogens with zero attached hydrogens (tertiary/aromatic N) is 7. The van der Waals surface area contributed by atoms with E-state index >= 15 is 0 Å². The molecule has 10 atom stereocenters. The van der Waals surface area contributed by atoms with E-state index in [1.807, 2.05) is 76.2 Å². The van der Waals surface area contributed by atoms with Gasteiger partial charge in [-0.1, -0.05) is 84.5 Å². The van der Waals surface area contributed by atoms with Crippen molar-refractivity contribution in [3.05, 3.63) is 142 Å². The summed E-state index contributed by atoms with van der Waals surface area (Å²) in [6.45, 7) is 37.1. The van der Waals surface area contributed by atoms with Gasteiger partial charge in [0.25, 0.3) is 6.47 Å². The molecular formula is C97H140F3N12O32S5-. The second-order valence-electron chi connectivity index (χ2n) is 33.3. The Labute approximate surface area is 882 Å². The predicted molar refractivity (Wildman–Crippen MR) is 560 cm³/mol. The lowest BCUT2D eigenvalue weighted by atomic mass is 10.0. The Morgan fingerprint density at radius 3 is 0.940 bits per heavy atom. The lowest BCUT2D eigenvalue weighted by molar-refractivity contribution is -0.344. The third kappa shape index (κ3) is 44.0. The first-order valence-corrected chi connectivity index (χ1v) is 51.5. The van der Waals surface area contributed by atoms with Crippen LogP contribution in [0.5, 0.6) is 28.7 Å². The van der Waals surface area contributed by atoms with Crippen LogP contribution in [0.2, 0.25) is 0 Å². The Morgan fingerprint density at radius 1 is 0.470 bits per heavy atom. The first-order valence-electron chi connectivity index (χ1n) is 46.6. The number of ether oxygens (including phenoxy) is 9. The molecule has 0 bridgehead atoms. The molecule has 0 unspecified atom stereocenters. The number of nitrogens with two attached hydrogens (primary N) is 1. The van der Waals surface area contributed by atoms with Crippen LogP contribution in [0, 0.1) is 0 Å². The van der Waals surface area contributed by atoms with Gasteiger partial charge in [0, 0.05) is 92.4 Å². The first-order chi connectivity index (χ1) is 69.7. The number of methoxy groups -OCH3 is 5. The Morgan fingerprint density at radius 2 is 0.711 bits per heavy atom. The highest BCUT2D eigenvalue weighted by atomic mass is 32.2. The van der Waals surface area contributed by atoms with Crippen LogP contribution in [0.1, 0.15) is 262 Å². The monoisotopic (exact) mass is 2200 g/mol. The van der Waals surface area contributed by atoms with E-state index in [1.54, 1.807) is 83.6 Å². The minimum atomic E-state index is -5.19. The molecule has 0 aliphatic carbocycles. The number of thioether (sulfide) groups is 5. The zero-order valence-corrected chi connectivity index (χ0v) is 91.4. The van der Waals surface area contributed by atoms with Crippen molar-refractivity contribution in [2.24, 2.45) is 41.0 Å². The van der Waals surface area contributed by atoms with E-state index in [0.717, 1.165) is 49.3 Å². The molecule has 5 aliphatic rings. The van der Waals surface area contributed by atoms with Gasteiger partial charge in [0.2, 0.25) is 35.2 Å². The quantitative estimate of drug-likeness (QED) is 0.00592. The van der Waals surface area contributed by atoms with Crippen LogP contribution < -0.4 is 83.9 Å². The third-order valence-corrected chi connectivity index (χ3v) is 27.8. The number of amides is 4. The number of nitrogens with one attached hydrogen (secondary N) is 4. The number of ketones is 1. The number of hydrogen-bond acceptors (Lipinski definition) is 44.